The van der Waals surface area contributed by atoms with Gasteiger partial charge in [0.25, 0.3) is 11.6 Å². The molecule has 0 bridgehead atoms. The number of H-pyrrole nitrogens is 1. The summed E-state index contributed by atoms with van der Waals surface area (Å²) in [6.07, 6.45) is 0.975. The fourth-order valence-electron chi connectivity index (χ4n) is 2.92. The number of hydrogen-bond donors (Lipinski definition) is 1. The Bertz CT molecular complexity index is 882. The minimum atomic E-state index is 0.257. The average Bonchev–Trinajstić information content (AvgIpc) is 3.07. The predicted molar refractivity (Wildman–Crippen MR) is 79.1 cm³/mol. The molecule has 1 fully saturated rings. The van der Waals surface area contributed by atoms with Crippen molar-refractivity contribution in [1.82, 2.24) is 30.2 Å². The molecule has 0 aliphatic heterocycles. The maximum atomic E-state index is 5.54. The molecule has 4 rings (SSSR count). The first-order chi connectivity index (χ1) is 11.0. The maximum Gasteiger partial charge on any atom is 0.288 e. The van der Waals surface area contributed by atoms with Gasteiger partial charge in [-0.15, -0.1) is 14.9 Å². The van der Waals surface area contributed by atoms with E-state index in [1.807, 2.05) is 31.5 Å². The third-order valence-electron chi connectivity index (χ3n) is 4.03. The molecule has 0 radical (unpaired) electrons. The summed E-state index contributed by atoms with van der Waals surface area (Å²) in [6, 6.07) is 2.01. The highest BCUT2D eigenvalue weighted by atomic mass is 16.4. The summed E-state index contributed by atoms with van der Waals surface area (Å²) < 4.78 is 7.42. The van der Waals surface area contributed by atoms with Crippen molar-refractivity contribution in [2.24, 2.45) is 0 Å². The minimum absolute atomic E-state index is 0.257. The van der Waals surface area contributed by atoms with E-state index in [4.69, 9.17) is 4.42 Å². The van der Waals surface area contributed by atoms with E-state index in [2.05, 4.69) is 30.2 Å². The van der Waals surface area contributed by atoms with Crippen LogP contribution in [0.3, 0.4) is 0 Å². The fourth-order valence-corrected chi connectivity index (χ4v) is 2.92. The van der Waals surface area contributed by atoms with E-state index in [1.165, 1.54) is 0 Å². The zero-order chi connectivity index (χ0) is 16.1. The third-order valence-corrected chi connectivity index (χ3v) is 4.03. The molecule has 1 saturated carbocycles. The molecule has 0 aromatic carbocycles. The fraction of sp³-hybridized carbons (Fsp3) is 0.467. The zero-order valence-corrected chi connectivity index (χ0v) is 13.5. The van der Waals surface area contributed by atoms with E-state index in [1.54, 1.807) is 6.92 Å². The van der Waals surface area contributed by atoms with Gasteiger partial charge in [-0.1, -0.05) is 9.97 Å². The number of aromatic amines is 1. The molecule has 1 N–H and O–H groups in total. The van der Waals surface area contributed by atoms with Crippen molar-refractivity contribution in [3.8, 4) is 5.82 Å². The smallest absolute Gasteiger partial charge is 0.288 e. The van der Waals surface area contributed by atoms with E-state index in [9.17, 15) is 0 Å². The second-order valence-corrected chi connectivity index (χ2v) is 6.00. The Labute approximate surface area is 133 Å². The molecule has 0 saturated heterocycles. The second-order valence-electron chi connectivity index (χ2n) is 6.00. The van der Waals surface area contributed by atoms with Crippen LogP contribution in [0.15, 0.2) is 10.5 Å². The van der Waals surface area contributed by atoms with E-state index in [0.29, 0.717) is 17.7 Å². The largest absolute Gasteiger partial charge is 0.425 e. The number of hydrogen-bond acceptors (Lipinski definition) is 6. The number of rotatable bonds is 3. The van der Waals surface area contributed by atoms with Gasteiger partial charge in [0.15, 0.2) is 0 Å². The molecule has 1 aliphatic carbocycles. The van der Waals surface area contributed by atoms with Crippen LogP contribution in [0, 0.1) is 27.7 Å². The number of nitrogens with one attached hydrogen (secondary N) is 1. The van der Waals surface area contributed by atoms with Crippen molar-refractivity contribution in [3.63, 3.8) is 0 Å². The zero-order valence-electron chi connectivity index (χ0n) is 13.5. The van der Waals surface area contributed by atoms with Crippen LogP contribution in [0.5, 0.6) is 0 Å². The van der Waals surface area contributed by atoms with Crippen molar-refractivity contribution in [2.75, 3.05) is 0 Å². The summed E-state index contributed by atoms with van der Waals surface area (Å²) in [5.41, 5.74) is 1.01. The first-order valence-corrected chi connectivity index (χ1v) is 7.62. The van der Waals surface area contributed by atoms with Gasteiger partial charge in [-0.05, 0) is 6.42 Å². The van der Waals surface area contributed by atoms with Crippen molar-refractivity contribution >= 4 is 0 Å². The van der Waals surface area contributed by atoms with Crippen LogP contribution >= 0.6 is 0 Å². The quantitative estimate of drug-likeness (QED) is 0.733. The lowest BCUT2D eigenvalue weighted by molar-refractivity contribution is -0.666. The lowest BCUT2D eigenvalue weighted by Gasteiger charge is -2.01. The van der Waals surface area contributed by atoms with Crippen molar-refractivity contribution in [1.29, 1.82) is 0 Å². The highest BCUT2D eigenvalue weighted by Crippen LogP contribution is 2.53. The Morgan fingerprint density at radius 3 is 2.57 bits per heavy atom. The number of aryl methyl sites for hydroxylation is 4. The van der Waals surface area contributed by atoms with Crippen LogP contribution in [-0.2, 0) is 0 Å². The SMILES string of the molecule is Cc1nc(C2CC2c2nnc(C)o2)cc(-[n+]2[nH]c(C)nc2C)n1. The minimum Gasteiger partial charge on any atom is -0.425 e. The van der Waals surface area contributed by atoms with Gasteiger partial charge in [-0.25, -0.2) is 10.1 Å². The molecule has 3 heterocycles. The summed E-state index contributed by atoms with van der Waals surface area (Å²) in [7, 11) is 0. The van der Waals surface area contributed by atoms with Crippen molar-refractivity contribution < 1.29 is 9.10 Å². The average molecular weight is 312 g/mol. The van der Waals surface area contributed by atoms with Crippen LogP contribution in [0.4, 0.5) is 0 Å². The first-order valence-electron chi connectivity index (χ1n) is 7.62. The summed E-state index contributed by atoms with van der Waals surface area (Å²) in [5.74, 6) is 5.13. The van der Waals surface area contributed by atoms with Crippen LogP contribution < -0.4 is 4.68 Å². The van der Waals surface area contributed by atoms with E-state index in [0.717, 1.165) is 35.4 Å². The van der Waals surface area contributed by atoms with E-state index >= 15 is 0 Å². The second kappa shape index (κ2) is 4.94. The van der Waals surface area contributed by atoms with Gasteiger partial charge in [-0.2, -0.15) is 0 Å². The molecule has 8 nitrogen and oxygen atoms in total. The lowest BCUT2D eigenvalue weighted by Crippen LogP contribution is -2.37. The molecule has 2 unspecified atom stereocenters. The van der Waals surface area contributed by atoms with E-state index < -0.39 is 0 Å². The standard InChI is InChI=1S/C15H17N7O/c1-7-17-13(11-5-12(11)15-20-19-10(4)23-15)6-14(18-7)22-9(3)16-8(2)21-22/h6,11-12H,5H2,1-4H3/p+1. The first kappa shape index (κ1) is 14.0. The topological polar surface area (TPSA) is 97.3 Å². The summed E-state index contributed by atoms with van der Waals surface area (Å²) in [4.78, 5) is 13.5. The van der Waals surface area contributed by atoms with E-state index in [-0.39, 0.29) is 5.92 Å². The van der Waals surface area contributed by atoms with Crippen LogP contribution in [-0.4, -0.2) is 30.2 Å². The van der Waals surface area contributed by atoms with Crippen LogP contribution in [0.2, 0.25) is 0 Å². The molecular formula is C15H18N7O+. The number of aromatic nitrogens is 7. The molecule has 23 heavy (non-hydrogen) atoms. The Kier molecular flexibility index (Phi) is 3.00. The molecule has 3 aromatic heterocycles. The maximum absolute atomic E-state index is 5.54. The molecule has 118 valence electrons. The third kappa shape index (κ3) is 2.49. The van der Waals surface area contributed by atoms with Gasteiger partial charge in [-0.3, -0.25) is 0 Å². The van der Waals surface area contributed by atoms with Gasteiger partial charge in [0.2, 0.25) is 23.4 Å². The normalized spacial score (nSPS) is 20.0. The molecule has 3 aromatic rings. The molecule has 0 spiro atoms. The highest BCUT2D eigenvalue weighted by molar-refractivity contribution is 5.28. The monoisotopic (exact) mass is 312 g/mol. The van der Waals surface area contributed by atoms with Gasteiger partial charge in [0, 0.05) is 45.6 Å². The molecule has 0 amide bonds. The van der Waals surface area contributed by atoms with Gasteiger partial charge in [0.05, 0.1) is 5.69 Å². The summed E-state index contributed by atoms with van der Waals surface area (Å²) in [6.45, 7) is 7.58. The number of nitrogens with zero attached hydrogens (tertiary/aromatic N) is 6. The van der Waals surface area contributed by atoms with Crippen LogP contribution in [0.25, 0.3) is 5.82 Å². The van der Waals surface area contributed by atoms with Crippen LogP contribution in [0.1, 0.15) is 53.2 Å². The van der Waals surface area contributed by atoms with Gasteiger partial charge in [0.1, 0.15) is 0 Å². The van der Waals surface area contributed by atoms with Crippen molar-refractivity contribution in [3.05, 3.63) is 41.0 Å². The Morgan fingerprint density at radius 1 is 1.09 bits per heavy atom. The van der Waals surface area contributed by atoms with Gasteiger partial charge >= 0.3 is 0 Å². The Balaban J connectivity index is 1.67. The highest BCUT2D eigenvalue weighted by Gasteiger charge is 2.45. The molecule has 1 aliphatic rings. The van der Waals surface area contributed by atoms with Gasteiger partial charge < -0.3 is 4.42 Å². The molecule has 2 atom stereocenters. The summed E-state index contributed by atoms with van der Waals surface area (Å²) in [5, 5.41) is 11.2. The Morgan fingerprint density at radius 2 is 1.91 bits per heavy atom. The summed E-state index contributed by atoms with van der Waals surface area (Å²) >= 11 is 0. The van der Waals surface area contributed by atoms with Crippen molar-refractivity contribution in [2.45, 2.75) is 46.0 Å². The molecular weight excluding hydrogens is 294 g/mol. The molecule has 8 heteroatoms. The Hall–Kier alpha value is -2.64. The lowest BCUT2D eigenvalue weighted by atomic mass is 10.2. The predicted octanol–water partition coefficient (Wildman–Crippen LogP) is 1.36.